The molecule has 0 N–H and O–H groups in total. The standard InChI is InChI=1S/C16H22O3/c1-2-4-8-18-11-15-13(9-17-7-3-1)5-6-14-10-19-12-16(14)15/h5-6H,1-4,7-12H2. The molecule has 0 spiro atoms. The van der Waals surface area contributed by atoms with E-state index < -0.39 is 0 Å². The van der Waals surface area contributed by atoms with Gasteiger partial charge in [0.2, 0.25) is 0 Å². The molecule has 1 aromatic carbocycles. The Balaban J connectivity index is 1.81. The van der Waals surface area contributed by atoms with Gasteiger partial charge in [0.05, 0.1) is 26.4 Å². The molecule has 0 aliphatic carbocycles. The predicted molar refractivity (Wildman–Crippen MR) is 72.7 cm³/mol. The van der Waals surface area contributed by atoms with Crippen molar-refractivity contribution >= 4 is 0 Å². The summed E-state index contributed by atoms with van der Waals surface area (Å²) in [5, 5.41) is 0. The SMILES string of the molecule is c1cc2c(c3c1COCCCCCCOC3)COC2. The first kappa shape index (κ1) is 13.1. The van der Waals surface area contributed by atoms with Crippen LogP contribution in [0.1, 0.15) is 47.9 Å². The number of hydrogen-bond donors (Lipinski definition) is 0. The first-order valence-corrected chi connectivity index (χ1v) is 7.31. The van der Waals surface area contributed by atoms with Crippen molar-refractivity contribution in [1.82, 2.24) is 0 Å². The predicted octanol–water partition coefficient (Wildman–Crippen LogP) is 3.32. The van der Waals surface area contributed by atoms with Crippen molar-refractivity contribution in [1.29, 1.82) is 0 Å². The first-order valence-electron chi connectivity index (χ1n) is 7.31. The molecule has 104 valence electrons. The Labute approximate surface area is 114 Å². The summed E-state index contributed by atoms with van der Waals surface area (Å²) >= 11 is 0. The molecule has 2 heterocycles. The average molecular weight is 262 g/mol. The molecule has 2 aliphatic heterocycles. The van der Waals surface area contributed by atoms with Gasteiger partial charge in [0.1, 0.15) is 0 Å². The fourth-order valence-electron chi connectivity index (χ4n) is 2.80. The molecule has 0 amide bonds. The van der Waals surface area contributed by atoms with Gasteiger partial charge in [0.25, 0.3) is 0 Å². The van der Waals surface area contributed by atoms with Gasteiger partial charge in [-0.2, -0.15) is 0 Å². The largest absolute Gasteiger partial charge is 0.377 e. The van der Waals surface area contributed by atoms with E-state index in [-0.39, 0.29) is 0 Å². The number of benzene rings is 1. The summed E-state index contributed by atoms with van der Waals surface area (Å²) in [7, 11) is 0. The van der Waals surface area contributed by atoms with Crippen LogP contribution in [0, 0.1) is 0 Å². The minimum atomic E-state index is 0.700. The topological polar surface area (TPSA) is 27.7 Å². The smallest absolute Gasteiger partial charge is 0.0728 e. The zero-order chi connectivity index (χ0) is 12.9. The van der Waals surface area contributed by atoms with Crippen LogP contribution in [0.15, 0.2) is 12.1 Å². The van der Waals surface area contributed by atoms with Gasteiger partial charge in [0, 0.05) is 13.2 Å². The third-order valence-corrected chi connectivity index (χ3v) is 3.96. The molecule has 0 saturated carbocycles. The number of hydrogen-bond acceptors (Lipinski definition) is 3. The Morgan fingerprint density at radius 1 is 0.579 bits per heavy atom. The molecule has 0 bridgehead atoms. The Morgan fingerprint density at radius 3 is 1.79 bits per heavy atom. The van der Waals surface area contributed by atoms with E-state index >= 15 is 0 Å². The highest BCUT2D eigenvalue weighted by Gasteiger charge is 2.18. The summed E-state index contributed by atoms with van der Waals surface area (Å²) in [4.78, 5) is 0. The molecular weight excluding hydrogens is 240 g/mol. The normalized spacial score (nSPS) is 21.1. The van der Waals surface area contributed by atoms with Gasteiger partial charge >= 0.3 is 0 Å². The third-order valence-electron chi connectivity index (χ3n) is 3.96. The molecule has 2 aliphatic rings. The van der Waals surface area contributed by atoms with Gasteiger partial charge in [-0.1, -0.05) is 25.0 Å². The monoisotopic (exact) mass is 262 g/mol. The fourth-order valence-corrected chi connectivity index (χ4v) is 2.80. The molecule has 0 aromatic heterocycles. The van der Waals surface area contributed by atoms with E-state index in [1.54, 1.807) is 0 Å². The number of rotatable bonds is 0. The maximum atomic E-state index is 5.85. The van der Waals surface area contributed by atoms with Crippen molar-refractivity contribution in [3.8, 4) is 0 Å². The van der Waals surface area contributed by atoms with E-state index in [0.29, 0.717) is 13.2 Å². The van der Waals surface area contributed by atoms with Gasteiger partial charge in [-0.05, 0) is 35.1 Å². The molecule has 0 fully saturated rings. The zero-order valence-corrected chi connectivity index (χ0v) is 11.5. The summed E-state index contributed by atoms with van der Waals surface area (Å²) < 4.78 is 17.2. The van der Waals surface area contributed by atoms with Crippen molar-refractivity contribution in [3.05, 3.63) is 34.4 Å². The van der Waals surface area contributed by atoms with Gasteiger partial charge in [-0.15, -0.1) is 0 Å². The van der Waals surface area contributed by atoms with Crippen LogP contribution in [-0.4, -0.2) is 13.2 Å². The van der Waals surface area contributed by atoms with Crippen LogP contribution in [0.2, 0.25) is 0 Å². The number of ether oxygens (including phenoxy) is 3. The summed E-state index contributed by atoms with van der Waals surface area (Å²) in [6.45, 7) is 4.60. The minimum Gasteiger partial charge on any atom is -0.377 e. The molecule has 19 heavy (non-hydrogen) atoms. The first-order chi connectivity index (χ1) is 9.45. The maximum absolute atomic E-state index is 5.85. The second-order valence-electron chi connectivity index (χ2n) is 5.35. The molecule has 3 nitrogen and oxygen atoms in total. The van der Waals surface area contributed by atoms with Crippen LogP contribution >= 0.6 is 0 Å². The molecule has 0 atom stereocenters. The van der Waals surface area contributed by atoms with Crippen molar-refractivity contribution in [2.45, 2.75) is 52.1 Å². The van der Waals surface area contributed by atoms with Gasteiger partial charge in [0.15, 0.2) is 0 Å². The molecule has 0 radical (unpaired) electrons. The Morgan fingerprint density at radius 2 is 1.11 bits per heavy atom. The van der Waals surface area contributed by atoms with Crippen LogP contribution in [0.3, 0.4) is 0 Å². The zero-order valence-electron chi connectivity index (χ0n) is 11.5. The number of fused-ring (bicyclic) bond motifs is 3. The minimum absolute atomic E-state index is 0.700. The second-order valence-corrected chi connectivity index (χ2v) is 5.35. The molecule has 0 unspecified atom stereocenters. The quantitative estimate of drug-likeness (QED) is 0.718. The third kappa shape index (κ3) is 3.16. The van der Waals surface area contributed by atoms with Crippen LogP contribution in [-0.2, 0) is 40.6 Å². The lowest BCUT2D eigenvalue weighted by Gasteiger charge is -2.16. The van der Waals surface area contributed by atoms with Gasteiger partial charge in [-0.25, -0.2) is 0 Å². The second kappa shape index (κ2) is 6.51. The summed E-state index contributed by atoms with van der Waals surface area (Å²) in [5.74, 6) is 0. The van der Waals surface area contributed by atoms with Crippen molar-refractivity contribution in [2.24, 2.45) is 0 Å². The van der Waals surface area contributed by atoms with Crippen LogP contribution < -0.4 is 0 Å². The lowest BCUT2D eigenvalue weighted by atomic mass is 9.98. The Bertz CT molecular complexity index is 428. The highest BCUT2D eigenvalue weighted by molar-refractivity contribution is 5.41. The maximum Gasteiger partial charge on any atom is 0.0728 e. The van der Waals surface area contributed by atoms with Crippen molar-refractivity contribution in [3.63, 3.8) is 0 Å². The Kier molecular flexibility index (Phi) is 4.49. The van der Waals surface area contributed by atoms with Gasteiger partial charge < -0.3 is 14.2 Å². The molecule has 3 rings (SSSR count). The van der Waals surface area contributed by atoms with Crippen LogP contribution in [0.25, 0.3) is 0 Å². The molecule has 0 saturated heterocycles. The van der Waals surface area contributed by atoms with E-state index in [2.05, 4.69) is 12.1 Å². The van der Waals surface area contributed by atoms with Crippen LogP contribution in [0.4, 0.5) is 0 Å². The Hall–Kier alpha value is -0.900. The summed E-state index contributed by atoms with van der Waals surface area (Å²) in [6, 6.07) is 4.36. The average Bonchev–Trinajstić information content (AvgIpc) is 2.88. The molecule has 1 aromatic rings. The van der Waals surface area contributed by atoms with E-state index in [1.165, 1.54) is 35.1 Å². The van der Waals surface area contributed by atoms with E-state index in [0.717, 1.165) is 39.3 Å². The summed E-state index contributed by atoms with van der Waals surface area (Å²) in [5.41, 5.74) is 5.22. The molecular formula is C16H22O3. The van der Waals surface area contributed by atoms with Gasteiger partial charge in [-0.3, -0.25) is 0 Å². The fraction of sp³-hybridized carbons (Fsp3) is 0.625. The van der Waals surface area contributed by atoms with E-state index in [1.807, 2.05) is 0 Å². The highest BCUT2D eigenvalue weighted by atomic mass is 16.5. The lowest BCUT2D eigenvalue weighted by Crippen LogP contribution is -2.07. The lowest BCUT2D eigenvalue weighted by molar-refractivity contribution is 0.0935. The van der Waals surface area contributed by atoms with Crippen molar-refractivity contribution < 1.29 is 14.2 Å². The summed E-state index contributed by atoms with van der Waals surface area (Å²) in [6.07, 6.45) is 4.80. The molecule has 3 heteroatoms. The van der Waals surface area contributed by atoms with E-state index in [9.17, 15) is 0 Å². The van der Waals surface area contributed by atoms with Crippen LogP contribution in [0.5, 0.6) is 0 Å². The highest BCUT2D eigenvalue weighted by Crippen LogP contribution is 2.28. The van der Waals surface area contributed by atoms with Crippen molar-refractivity contribution in [2.75, 3.05) is 13.2 Å². The van der Waals surface area contributed by atoms with E-state index in [4.69, 9.17) is 14.2 Å².